The molecule has 0 N–H and O–H groups in total. The summed E-state index contributed by atoms with van der Waals surface area (Å²) in [6, 6.07) is 3.60. The lowest BCUT2D eigenvalue weighted by molar-refractivity contribution is 0.184. The Morgan fingerprint density at radius 1 is 1.89 bits per heavy atom. The van der Waals surface area contributed by atoms with Crippen molar-refractivity contribution in [1.29, 1.82) is 0 Å². The minimum Gasteiger partial charge on any atom is -0.380 e. The molecule has 2 heteroatoms. The Morgan fingerprint density at radius 3 is 3.33 bits per heavy atom. The molecule has 0 bridgehead atoms. The lowest BCUT2D eigenvalue weighted by Crippen LogP contribution is -1.86. The van der Waals surface area contributed by atoms with E-state index < -0.39 is 6.58 Å². The molecule has 0 aliphatic rings. The maximum atomic E-state index is 7.30. The summed E-state index contributed by atoms with van der Waals surface area (Å²) < 4.78 is 12.1. The van der Waals surface area contributed by atoms with Gasteiger partial charge < -0.3 is 4.74 Å². The zero-order chi connectivity index (χ0) is 7.40. The second kappa shape index (κ2) is 3.20. The lowest BCUT2D eigenvalue weighted by atomic mass is 10.3. The molecule has 1 heterocycles. The van der Waals surface area contributed by atoms with Gasteiger partial charge in [0.15, 0.2) is 0 Å². The average molecular weight is 124 g/mol. The van der Waals surface area contributed by atoms with Crippen molar-refractivity contribution in [1.82, 2.24) is 4.98 Å². The molecule has 0 fully saturated rings. The number of nitrogens with zero attached hydrogens (tertiary/aromatic N) is 1. The number of hydrogen-bond donors (Lipinski definition) is 0. The van der Waals surface area contributed by atoms with Gasteiger partial charge in [-0.25, -0.2) is 0 Å². The van der Waals surface area contributed by atoms with Gasteiger partial charge in [-0.2, -0.15) is 0 Å². The molecule has 9 heavy (non-hydrogen) atoms. The molecule has 0 saturated carbocycles. The van der Waals surface area contributed by atoms with Gasteiger partial charge in [0.05, 0.1) is 7.95 Å². The van der Waals surface area contributed by atoms with Crippen LogP contribution in [-0.2, 0) is 11.3 Å². The summed E-state index contributed by atoms with van der Waals surface area (Å²) in [6.07, 6.45) is 3.30. The van der Waals surface area contributed by atoms with E-state index in [0.717, 1.165) is 5.56 Å². The van der Waals surface area contributed by atoms with Crippen LogP contribution < -0.4 is 0 Å². The Bertz CT molecular complexity index is 190. The first-order valence-corrected chi connectivity index (χ1v) is 2.69. The summed E-state index contributed by atoms with van der Waals surface area (Å²) >= 11 is 0. The van der Waals surface area contributed by atoms with Gasteiger partial charge in [0, 0.05) is 19.5 Å². The van der Waals surface area contributed by atoms with E-state index in [0.29, 0.717) is 0 Å². The highest BCUT2D eigenvalue weighted by molar-refractivity contribution is 5.06. The van der Waals surface area contributed by atoms with Gasteiger partial charge in [-0.1, -0.05) is 6.07 Å². The number of pyridine rings is 1. The van der Waals surface area contributed by atoms with Crippen molar-refractivity contribution in [2.75, 3.05) is 7.11 Å². The molecule has 0 spiro atoms. The zero-order valence-electron chi connectivity index (χ0n) is 6.24. The first kappa shape index (κ1) is 4.94. The monoisotopic (exact) mass is 124 g/mol. The minimum absolute atomic E-state index is 0.603. The highest BCUT2D eigenvalue weighted by atomic mass is 16.5. The van der Waals surface area contributed by atoms with Gasteiger partial charge in [-0.15, -0.1) is 0 Å². The third kappa shape index (κ3) is 1.82. The van der Waals surface area contributed by atoms with Crippen molar-refractivity contribution in [3.63, 3.8) is 0 Å². The summed E-state index contributed by atoms with van der Waals surface area (Å²) in [6.45, 7) is -0.603. The fraction of sp³-hybridized carbons (Fsp3) is 0.286. The first-order valence-electron chi connectivity index (χ1n) is 3.27. The molecule has 2 nitrogen and oxygen atoms in total. The van der Waals surface area contributed by atoms with Crippen LogP contribution >= 0.6 is 0 Å². The Balaban J connectivity index is 2.75. The van der Waals surface area contributed by atoms with E-state index in [1.807, 2.05) is 6.07 Å². The van der Waals surface area contributed by atoms with Crippen LogP contribution in [0.2, 0.25) is 0 Å². The molecule has 1 unspecified atom stereocenters. The number of aromatic nitrogens is 1. The van der Waals surface area contributed by atoms with Gasteiger partial charge in [0.2, 0.25) is 0 Å². The molecule has 0 aliphatic heterocycles. The molecule has 0 aliphatic carbocycles. The van der Waals surface area contributed by atoms with Crippen LogP contribution in [0.1, 0.15) is 6.93 Å². The minimum atomic E-state index is -0.603. The van der Waals surface area contributed by atoms with E-state index in [1.54, 1.807) is 18.5 Å². The van der Waals surface area contributed by atoms with Crippen LogP contribution in [0.3, 0.4) is 0 Å². The molecule has 48 valence electrons. The largest absolute Gasteiger partial charge is 0.380 e. The van der Waals surface area contributed by atoms with Crippen LogP contribution in [-0.4, -0.2) is 12.1 Å². The van der Waals surface area contributed by atoms with Crippen LogP contribution in [0.4, 0.5) is 0 Å². The third-order valence-corrected chi connectivity index (χ3v) is 0.938. The fourth-order valence-electron chi connectivity index (χ4n) is 0.582. The fourth-order valence-corrected chi connectivity index (χ4v) is 0.582. The summed E-state index contributed by atoms with van der Waals surface area (Å²) in [5.74, 6) is 0. The van der Waals surface area contributed by atoms with Crippen LogP contribution in [0.25, 0.3) is 0 Å². The molecule has 1 aromatic heterocycles. The second-order valence-electron chi connectivity index (χ2n) is 1.64. The lowest BCUT2D eigenvalue weighted by Gasteiger charge is -1.94. The Kier molecular flexibility index (Phi) is 1.76. The highest BCUT2D eigenvalue weighted by Crippen LogP contribution is 1.95. The van der Waals surface area contributed by atoms with E-state index in [4.69, 9.17) is 6.11 Å². The van der Waals surface area contributed by atoms with Gasteiger partial charge in [0.1, 0.15) is 0 Å². The summed E-state index contributed by atoms with van der Waals surface area (Å²) in [5, 5.41) is 0. The maximum Gasteiger partial charge on any atom is 0.0728 e. The molecule has 0 aromatic carbocycles. The van der Waals surface area contributed by atoms with Crippen LogP contribution in [0.15, 0.2) is 24.5 Å². The first-order chi connectivity index (χ1) is 4.84. The molecule has 1 rings (SSSR count). The molecular formula is C7H9NO. The van der Waals surface area contributed by atoms with Crippen molar-refractivity contribution >= 4 is 0 Å². The van der Waals surface area contributed by atoms with Crippen molar-refractivity contribution in [2.45, 2.75) is 6.58 Å². The second-order valence-corrected chi connectivity index (χ2v) is 1.64. The maximum absolute atomic E-state index is 7.30. The van der Waals surface area contributed by atoms with Crippen molar-refractivity contribution in [2.24, 2.45) is 0 Å². The van der Waals surface area contributed by atoms with Gasteiger partial charge >= 0.3 is 0 Å². The van der Waals surface area contributed by atoms with Crippen molar-refractivity contribution in [3.05, 3.63) is 30.1 Å². The molecule has 0 saturated heterocycles. The Labute approximate surface area is 55.9 Å². The Hall–Kier alpha value is -0.890. The smallest absolute Gasteiger partial charge is 0.0728 e. The molecule has 0 radical (unpaired) electrons. The predicted molar refractivity (Wildman–Crippen MR) is 34.9 cm³/mol. The quantitative estimate of drug-likeness (QED) is 0.591. The topological polar surface area (TPSA) is 22.1 Å². The predicted octanol–water partition coefficient (Wildman–Crippen LogP) is 1.23. The normalized spacial score (nSPS) is 14.6. The number of rotatable bonds is 2. The number of ether oxygens (including phenoxy) is 1. The SMILES string of the molecule is [2H]C(OC)c1cccnc1. The van der Waals surface area contributed by atoms with Crippen LogP contribution in [0.5, 0.6) is 0 Å². The number of hydrogen-bond acceptors (Lipinski definition) is 2. The molecule has 1 atom stereocenters. The summed E-state index contributed by atoms with van der Waals surface area (Å²) in [5.41, 5.74) is 0.782. The van der Waals surface area contributed by atoms with E-state index in [2.05, 4.69) is 4.98 Å². The summed E-state index contributed by atoms with van der Waals surface area (Å²) in [7, 11) is 1.50. The third-order valence-electron chi connectivity index (χ3n) is 0.938. The molecule has 0 amide bonds. The average Bonchev–Trinajstić information content (AvgIpc) is 2.05. The summed E-state index contributed by atoms with van der Waals surface area (Å²) in [4.78, 5) is 3.85. The van der Waals surface area contributed by atoms with E-state index in [1.165, 1.54) is 7.11 Å². The van der Waals surface area contributed by atoms with Crippen molar-refractivity contribution in [3.8, 4) is 0 Å². The highest BCUT2D eigenvalue weighted by Gasteiger charge is 1.85. The van der Waals surface area contributed by atoms with Crippen LogP contribution in [0, 0.1) is 0 Å². The van der Waals surface area contributed by atoms with E-state index in [9.17, 15) is 0 Å². The van der Waals surface area contributed by atoms with E-state index >= 15 is 0 Å². The van der Waals surface area contributed by atoms with Gasteiger partial charge in [-0.3, -0.25) is 4.98 Å². The van der Waals surface area contributed by atoms with Gasteiger partial charge in [-0.05, 0) is 11.6 Å². The Morgan fingerprint density at radius 2 is 2.78 bits per heavy atom. The van der Waals surface area contributed by atoms with E-state index in [-0.39, 0.29) is 0 Å². The molecule has 1 aromatic rings. The zero-order valence-corrected chi connectivity index (χ0v) is 5.24. The van der Waals surface area contributed by atoms with Gasteiger partial charge in [0.25, 0.3) is 0 Å². The van der Waals surface area contributed by atoms with Crippen molar-refractivity contribution < 1.29 is 6.11 Å². The molecular weight excluding hydrogens is 114 g/mol. The number of methoxy groups -OCH3 is 1. The standard InChI is InChI=1S/C7H9NO/c1-9-6-7-3-2-4-8-5-7/h2-5H,6H2,1H3/i6D.